The second kappa shape index (κ2) is 4.95. The average Bonchev–Trinajstić information content (AvgIpc) is 2.78. The highest BCUT2D eigenvalue weighted by Crippen LogP contribution is 2.34. The van der Waals surface area contributed by atoms with Crippen LogP contribution in [0.15, 0.2) is 0 Å². The number of nitrogens with zero attached hydrogens (tertiary/aromatic N) is 2. The van der Waals surface area contributed by atoms with Gasteiger partial charge in [-0.3, -0.25) is 0 Å². The molecule has 1 aliphatic carbocycles. The normalized spacial score (nSPS) is 19.1. The average molecular weight is 295 g/mol. The predicted octanol–water partition coefficient (Wildman–Crippen LogP) is 2.76. The van der Waals surface area contributed by atoms with E-state index in [1.54, 1.807) is 0 Å². The minimum Gasteiger partial charge on any atom is -0.480 e. The van der Waals surface area contributed by atoms with E-state index in [9.17, 15) is 23.1 Å². The maximum absolute atomic E-state index is 12.4. The second-order valence-corrected chi connectivity index (χ2v) is 5.25. The summed E-state index contributed by atoms with van der Waals surface area (Å²) in [5, 5.41) is 11.8. The smallest absolute Gasteiger partial charge is 0.452 e. The Hall–Kier alpha value is -1.38. The fourth-order valence-electron chi connectivity index (χ4n) is 2.14. The Bertz CT molecular complexity index is 469. The summed E-state index contributed by atoms with van der Waals surface area (Å²) in [5.74, 6) is -2.30. The van der Waals surface area contributed by atoms with Crippen molar-refractivity contribution in [3.05, 3.63) is 5.82 Å². The predicted molar refractivity (Wildman–Crippen MR) is 62.0 cm³/mol. The van der Waals surface area contributed by atoms with Gasteiger partial charge in [0.2, 0.25) is 11.0 Å². The van der Waals surface area contributed by atoms with E-state index in [0.717, 1.165) is 19.3 Å². The highest BCUT2D eigenvalue weighted by molar-refractivity contribution is 7.09. The minimum atomic E-state index is -4.61. The topological polar surface area (TPSA) is 75.1 Å². The summed E-state index contributed by atoms with van der Waals surface area (Å²) in [4.78, 5) is 14.7. The number of nitrogens with one attached hydrogen (secondary N) is 1. The molecule has 0 amide bonds. The molecule has 1 aromatic rings. The molecular formula is C10H12F3N3O2S. The molecule has 0 spiro atoms. The summed E-state index contributed by atoms with van der Waals surface area (Å²) in [6.45, 7) is 0. The maximum atomic E-state index is 12.4. The van der Waals surface area contributed by atoms with Crippen molar-refractivity contribution in [2.75, 3.05) is 5.32 Å². The molecule has 5 nitrogen and oxygen atoms in total. The fraction of sp³-hybridized carbons (Fsp3) is 0.700. The Kier molecular flexibility index (Phi) is 3.66. The van der Waals surface area contributed by atoms with Gasteiger partial charge in [0.05, 0.1) is 0 Å². The van der Waals surface area contributed by atoms with Crippen LogP contribution in [0, 0.1) is 0 Å². The molecule has 0 unspecified atom stereocenters. The molecule has 0 aromatic carbocycles. The molecule has 0 atom stereocenters. The Morgan fingerprint density at radius 1 is 1.32 bits per heavy atom. The highest BCUT2D eigenvalue weighted by Gasteiger charge is 2.42. The second-order valence-electron chi connectivity index (χ2n) is 4.49. The van der Waals surface area contributed by atoms with E-state index in [-0.39, 0.29) is 5.13 Å². The molecule has 1 heterocycles. The Balaban J connectivity index is 2.18. The third kappa shape index (κ3) is 2.96. The monoisotopic (exact) mass is 295 g/mol. The molecule has 0 radical (unpaired) electrons. The zero-order valence-electron chi connectivity index (χ0n) is 9.83. The van der Waals surface area contributed by atoms with E-state index in [0.29, 0.717) is 24.4 Å². The number of carboxylic acid groups (broad SMARTS) is 1. The number of carboxylic acids is 1. The Morgan fingerprint density at radius 2 is 1.95 bits per heavy atom. The van der Waals surface area contributed by atoms with Crippen LogP contribution in [-0.4, -0.2) is 26.0 Å². The zero-order chi connectivity index (χ0) is 14.1. The first-order valence-electron chi connectivity index (χ1n) is 5.76. The Morgan fingerprint density at radius 3 is 2.42 bits per heavy atom. The van der Waals surface area contributed by atoms with Gasteiger partial charge in [0.15, 0.2) is 0 Å². The third-order valence-electron chi connectivity index (χ3n) is 3.14. The number of halogens is 3. The number of hydrogen-bond acceptors (Lipinski definition) is 5. The summed E-state index contributed by atoms with van der Waals surface area (Å²) in [7, 11) is 0. The van der Waals surface area contributed by atoms with Gasteiger partial charge < -0.3 is 10.4 Å². The van der Waals surface area contributed by atoms with E-state index in [2.05, 4.69) is 14.7 Å². The van der Waals surface area contributed by atoms with Gasteiger partial charge in [0.25, 0.3) is 0 Å². The molecule has 0 aliphatic heterocycles. The SMILES string of the molecule is O=C(O)C1(Nc2nc(C(F)(F)F)ns2)CCCCC1. The van der Waals surface area contributed by atoms with Gasteiger partial charge in [0.1, 0.15) is 5.54 Å². The van der Waals surface area contributed by atoms with Crippen molar-refractivity contribution < 1.29 is 23.1 Å². The van der Waals surface area contributed by atoms with Crippen LogP contribution in [0.3, 0.4) is 0 Å². The lowest BCUT2D eigenvalue weighted by atomic mass is 9.82. The van der Waals surface area contributed by atoms with E-state index >= 15 is 0 Å². The first-order valence-corrected chi connectivity index (χ1v) is 6.53. The van der Waals surface area contributed by atoms with Crippen molar-refractivity contribution in [2.45, 2.75) is 43.8 Å². The van der Waals surface area contributed by atoms with Crippen LogP contribution in [0.25, 0.3) is 0 Å². The van der Waals surface area contributed by atoms with E-state index in [1.165, 1.54) is 0 Å². The number of aromatic nitrogens is 2. The lowest BCUT2D eigenvalue weighted by Gasteiger charge is -2.33. The number of rotatable bonds is 3. The summed E-state index contributed by atoms with van der Waals surface area (Å²) < 4.78 is 40.3. The lowest BCUT2D eigenvalue weighted by Crippen LogP contribution is -2.47. The van der Waals surface area contributed by atoms with Gasteiger partial charge in [-0.2, -0.15) is 22.5 Å². The van der Waals surface area contributed by atoms with Crippen molar-refractivity contribution in [2.24, 2.45) is 0 Å². The van der Waals surface area contributed by atoms with Crippen LogP contribution in [0.4, 0.5) is 18.3 Å². The van der Waals surface area contributed by atoms with Crippen LogP contribution in [0.1, 0.15) is 37.9 Å². The largest absolute Gasteiger partial charge is 0.480 e. The molecule has 1 aliphatic rings. The van der Waals surface area contributed by atoms with E-state index in [4.69, 9.17) is 0 Å². The summed E-state index contributed by atoms with van der Waals surface area (Å²) in [6, 6.07) is 0. The third-order valence-corrected chi connectivity index (χ3v) is 3.77. The maximum Gasteiger partial charge on any atom is 0.452 e. The molecular weight excluding hydrogens is 283 g/mol. The van der Waals surface area contributed by atoms with Gasteiger partial charge in [-0.05, 0) is 12.8 Å². The first-order chi connectivity index (χ1) is 8.83. The summed E-state index contributed by atoms with van der Waals surface area (Å²) in [6.07, 6.45) is -1.47. The molecule has 1 fully saturated rings. The molecule has 9 heteroatoms. The van der Waals surface area contributed by atoms with Crippen molar-refractivity contribution >= 4 is 22.6 Å². The Labute approximate surface area is 111 Å². The summed E-state index contributed by atoms with van der Waals surface area (Å²) in [5.41, 5.74) is -1.22. The van der Waals surface area contributed by atoms with Crippen molar-refractivity contribution in [1.82, 2.24) is 9.36 Å². The molecule has 1 aromatic heterocycles. The van der Waals surface area contributed by atoms with Crippen LogP contribution >= 0.6 is 11.5 Å². The van der Waals surface area contributed by atoms with Gasteiger partial charge in [-0.15, -0.1) is 0 Å². The van der Waals surface area contributed by atoms with Gasteiger partial charge >= 0.3 is 12.1 Å². The van der Waals surface area contributed by atoms with Gasteiger partial charge in [-0.25, -0.2) is 4.79 Å². The standard InChI is InChI=1S/C10H12F3N3O2S/c11-10(12,13)6-14-8(19-16-6)15-9(7(17)18)4-2-1-3-5-9/h1-5H2,(H,17,18)(H,14,15,16). The molecule has 0 saturated heterocycles. The zero-order valence-corrected chi connectivity index (χ0v) is 10.6. The minimum absolute atomic E-state index is 0.100. The van der Waals surface area contributed by atoms with Crippen LogP contribution in [-0.2, 0) is 11.0 Å². The molecule has 19 heavy (non-hydrogen) atoms. The number of carbonyl (C=O) groups is 1. The molecule has 2 rings (SSSR count). The van der Waals surface area contributed by atoms with Crippen molar-refractivity contribution in [3.63, 3.8) is 0 Å². The first kappa shape index (κ1) is 14.0. The quantitative estimate of drug-likeness (QED) is 0.896. The van der Waals surface area contributed by atoms with Crippen LogP contribution in [0.5, 0.6) is 0 Å². The summed E-state index contributed by atoms with van der Waals surface area (Å²) >= 11 is 0.530. The van der Waals surface area contributed by atoms with Crippen molar-refractivity contribution in [3.8, 4) is 0 Å². The van der Waals surface area contributed by atoms with Gasteiger partial charge in [0, 0.05) is 11.5 Å². The van der Waals surface area contributed by atoms with Crippen molar-refractivity contribution in [1.29, 1.82) is 0 Å². The van der Waals surface area contributed by atoms with Crippen LogP contribution < -0.4 is 5.32 Å². The van der Waals surface area contributed by atoms with Gasteiger partial charge in [-0.1, -0.05) is 19.3 Å². The number of aliphatic carboxylic acids is 1. The fourth-order valence-corrected chi connectivity index (χ4v) is 2.83. The number of hydrogen-bond donors (Lipinski definition) is 2. The van der Waals surface area contributed by atoms with E-state index in [1.807, 2.05) is 0 Å². The highest BCUT2D eigenvalue weighted by atomic mass is 32.1. The van der Waals surface area contributed by atoms with E-state index < -0.39 is 23.5 Å². The number of alkyl halides is 3. The molecule has 0 bridgehead atoms. The number of anilines is 1. The lowest BCUT2D eigenvalue weighted by molar-refractivity contribution is -0.144. The molecule has 1 saturated carbocycles. The van der Waals surface area contributed by atoms with Crippen LogP contribution in [0.2, 0.25) is 0 Å². The molecule has 2 N–H and O–H groups in total. The molecule has 106 valence electrons.